The van der Waals surface area contributed by atoms with Crippen LogP contribution in [0.2, 0.25) is 0 Å². The lowest BCUT2D eigenvalue weighted by molar-refractivity contribution is 0.256. The van der Waals surface area contributed by atoms with Crippen LogP contribution >= 0.6 is 0 Å². The molecule has 1 aromatic heterocycles. The minimum atomic E-state index is -4.52. The van der Waals surface area contributed by atoms with Crippen molar-refractivity contribution < 1.29 is 26.4 Å². The molecule has 0 atom stereocenters. The van der Waals surface area contributed by atoms with Crippen molar-refractivity contribution in [3.8, 4) is 6.01 Å². The highest BCUT2D eigenvalue weighted by Crippen LogP contribution is 2.22. The first-order chi connectivity index (χ1) is 13.0. The summed E-state index contributed by atoms with van der Waals surface area (Å²) >= 11 is 0. The van der Waals surface area contributed by atoms with Crippen LogP contribution in [0.15, 0.2) is 34.1 Å². The van der Waals surface area contributed by atoms with E-state index in [-0.39, 0.29) is 17.8 Å². The number of hydrogen-bond acceptors (Lipinski definition) is 9. The maximum atomic E-state index is 12.6. The molecule has 0 aliphatic carbocycles. The first kappa shape index (κ1) is 21.5. The van der Waals surface area contributed by atoms with Crippen LogP contribution in [0.3, 0.4) is 0 Å². The van der Waals surface area contributed by atoms with Gasteiger partial charge in [0.15, 0.2) is 0 Å². The highest BCUT2D eigenvalue weighted by atomic mass is 32.2. The number of aromatic nitrogens is 3. The number of methoxy groups -OCH3 is 1. The predicted molar refractivity (Wildman–Crippen MR) is 97.8 cm³/mol. The molecule has 0 saturated carbocycles. The fraction of sp³-hybridized carbons (Fsp3) is 0.286. The molecule has 0 aliphatic rings. The van der Waals surface area contributed by atoms with Gasteiger partial charge in [-0.3, -0.25) is 5.32 Å². The number of nitrogens with zero attached hydrogens (tertiary/aromatic N) is 4. The Morgan fingerprint density at radius 1 is 1.04 bits per heavy atom. The molecule has 2 amide bonds. The molecule has 12 nitrogen and oxygen atoms in total. The Morgan fingerprint density at radius 2 is 1.64 bits per heavy atom. The topological polar surface area (TPSA) is 161 Å². The van der Waals surface area contributed by atoms with E-state index in [0.717, 1.165) is 16.4 Å². The first-order valence-corrected chi connectivity index (χ1v) is 10.5. The molecule has 1 heterocycles. The smallest absolute Gasteiger partial charge is 0.335 e. The molecule has 1 aromatic carbocycles. The van der Waals surface area contributed by atoms with Crippen LogP contribution in [0.1, 0.15) is 5.82 Å². The summed E-state index contributed by atoms with van der Waals surface area (Å²) in [6.45, 7) is 1.52. The first-order valence-electron chi connectivity index (χ1n) is 7.59. The molecule has 2 rings (SSSR count). The second-order valence-electron chi connectivity index (χ2n) is 5.49. The zero-order chi connectivity index (χ0) is 21.1. The van der Waals surface area contributed by atoms with E-state index < -0.39 is 35.9 Å². The molecular formula is C14H18N6O6S2. The number of sulfonamides is 2. The van der Waals surface area contributed by atoms with Crippen LogP contribution in [0.4, 0.5) is 10.7 Å². The number of carbonyl (C=O) groups excluding carboxylic acids is 1. The third-order valence-corrected chi connectivity index (χ3v) is 6.65. The molecule has 0 saturated heterocycles. The Morgan fingerprint density at radius 3 is 2.21 bits per heavy atom. The quantitative estimate of drug-likeness (QED) is 0.640. The highest BCUT2D eigenvalue weighted by molar-refractivity contribution is 7.92. The van der Waals surface area contributed by atoms with E-state index in [9.17, 15) is 21.6 Å². The van der Waals surface area contributed by atoms with Gasteiger partial charge in [0.2, 0.25) is 16.0 Å². The summed E-state index contributed by atoms with van der Waals surface area (Å²) in [5.74, 6) is -0.0151. The Labute approximate surface area is 162 Å². The molecule has 2 aromatic rings. The summed E-state index contributed by atoms with van der Waals surface area (Å²) < 4.78 is 57.3. The summed E-state index contributed by atoms with van der Waals surface area (Å²) in [6.07, 6.45) is 0. The van der Waals surface area contributed by atoms with E-state index in [2.05, 4.69) is 20.3 Å². The maximum Gasteiger partial charge on any atom is 0.335 e. The van der Waals surface area contributed by atoms with Crippen molar-refractivity contribution in [2.75, 3.05) is 26.5 Å². The number of urea groups is 1. The number of amides is 2. The lowest BCUT2D eigenvalue weighted by atomic mass is 10.4. The van der Waals surface area contributed by atoms with Gasteiger partial charge in [-0.15, -0.1) is 0 Å². The Balaban J connectivity index is 2.32. The fourth-order valence-electron chi connectivity index (χ4n) is 1.99. The Hall–Kier alpha value is -2.84. The van der Waals surface area contributed by atoms with E-state index in [4.69, 9.17) is 4.74 Å². The van der Waals surface area contributed by atoms with Gasteiger partial charge >= 0.3 is 12.0 Å². The van der Waals surface area contributed by atoms with Crippen molar-refractivity contribution in [3.63, 3.8) is 0 Å². The molecule has 0 spiro atoms. The van der Waals surface area contributed by atoms with Crippen molar-refractivity contribution >= 4 is 32.0 Å². The van der Waals surface area contributed by atoms with Crippen LogP contribution in [-0.4, -0.2) is 63.3 Å². The van der Waals surface area contributed by atoms with Gasteiger partial charge < -0.3 is 4.74 Å². The molecule has 0 bridgehead atoms. The van der Waals surface area contributed by atoms with Crippen molar-refractivity contribution in [2.24, 2.45) is 0 Å². The molecule has 0 fully saturated rings. The van der Waals surface area contributed by atoms with Gasteiger partial charge in [-0.2, -0.15) is 15.0 Å². The molecule has 0 aliphatic heterocycles. The summed E-state index contributed by atoms with van der Waals surface area (Å²) in [6, 6.07) is 3.64. The SMILES string of the molecule is COc1nc(C)nc(NC(=O)NS(=O)(=O)c2ccccc2S(=O)(=O)N(C)C)n1. The van der Waals surface area contributed by atoms with Crippen molar-refractivity contribution in [3.05, 3.63) is 30.1 Å². The third kappa shape index (κ3) is 4.71. The number of nitrogens with one attached hydrogen (secondary N) is 2. The van der Waals surface area contributed by atoms with Gasteiger partial charge in [0, 0.05) is 14.1 Å². The van der Waals surface area contributed by atoms with Gasteiger partial charge in [-0.1, -0.05) is 12.1 Å². The summed E-state index contributed by atoms with van der Waals surface area (Å²) in [5.41, 5.74) is 0. The van der Waals surface area contributed by atoms with Gasteiger partial charge in [-0.25, -0.2) is 30.7 Å². The lowest BCUT2D eigenvalue weighted by Crippen LogP contribution is -2.36. The highest BCUT2D eigenvalue weighted by Gasteiger charge is 2.29. The van der Waals surface area contributed by atoms with E-state index >= 15 is 0 Å². The predicted octanol–water partition coefficient (Wildman–Crippen LogP) is -0.0507. The van der Waals surface area contributed by atoms with Crippen LogP contribution in [0, 0.1) is 6.92 Å². The van der Waals surface area contributed by atoms with Gasteiger partial charge in [0.1, 0.15) is 15.6 Å². The standard InChI is InChI=1S/C14H18N6O6S2/c1-9-15-12(18-14(16-9)26-4)17-13(21)19-27(22,23)10-7-5-6-8-11(10)28(24,25)20(2)3/h5-8H,1-4H3,(H2,15,16,17,18,19,21). The third-order valence-electron chi connectivity index (χ3n) is 3.26. The van der Waals surface area contributed by atoms with E-state index in [1.165, 1.54) is 40.3 Å². The van der Waals surface area contributed by atoms with E-state index in [1.54, 1.807) is 4.72 Å². The summed E-state index contributed by atoms with van der Waals surface area (Å²) in [4.78, 5) is 22.5. The second kappa shape index (κ2) is 8.04. The van der Waals surface area contributed by atoms with Gasteiger partial charge in [0.25, 0.3) is 10.0 Å². The number of ether oxygens (including phenoxy) is 1. The Kier molecular flexibility index (Phi) is 6.16. The van der Waals surface area contributed by atoms with E-state index in [0.29, 0.717) is 0 Å². The normalized spacial score (nSPS) is 11.9. The molecule has 28 heavy (non-hydrogen) atoms. The minimum absolute atomic E-state index is 0.0759. The average molecular weight is 430 g/mol. The monoisotopic (exact) mass is 430 g/mol. The van der Waals surface area contributed by atoms with E-state index in [1.807, 2.05) is 0 Å². The number of anilines is 1. The van der Waals surface area contributed by atoms with Crippen molar-refractivity contribution in [1.82, 2.24) is 24.0 Å². The number of carbonyl (C=O) groups is 1. The fourth-order valence-corrected chi connectivity index (χ4v) is 4.60. The molecule has 0 unspecified atom stereocenters. The minimum Gasteiger partial charge on any atom is -0.467 e. The second-order valence-corrected chi connectivity index (χ2v) is 9.26. The van der Waals surface area contributed by atoms with Gasteiger partial charge in [0.05, 0.1) is 7.11 Å². The maximum absolute atomic E-state index is 12.6. The average Bonchev–Trinajstić information content (AvgIpc) is 2.60. The zero-order valence-corrected chi connectivity index (χ0v) is 17.0. The lowest BCUT2D eigenvalue weighted by Gasteiger charge is -2.15. The van der Waals surface area contributed by atoms with Crippen molar-refractivity contribution in [1.29, 1.82) is 0 Å². The summed E-state index contributed by atoms with van der Waals surface area (Å²) in [5, 5.41) is 2.13. The molecule has 14 heteroatoms. The van der Waals surface area contributed by atoms with Gasteiger partial charge in [-0.05, 0) is 19.1 Å². The zero-order valence-electron chi connectivity index (χ0n) is 15.4. The number of aryl methyl sites for hydroxylation is 1. The molecular weight excluding hydrogens is 412 g/mol. The van der Waals surface area contributed by atoms with Crippen LogP contribution < -0.4 is 14.8 Å². The Bertz CT molecular complexity index is 1100. The number of benzene rings is 1. The number of hydrogen-bond donors (Lipinski definition) is 2. The summed E-state index contributed by atoms with van der Waals surface area (Å²) in [7, 11) is -4.76. The van der Waals surface area contributed by atoms with Crippen molar-refractivity contribution in [2.45, 2.75) is 16.7 Å². The molecule has 2 N–H and O–H groups in total. The molecule has 152 valence electrons. The molecule has 0 radical (unpaired) electrons. The van der Waals surface area contributed by atoms with Crippen LogP contribution in [-0.2, 0) is 20.0 Å². The van der Waals surface area contributed by atoms with Crippen LogP contribution in [0.5, 0.6) is 6.01 Å². The van der Waals surface area contributed by atoms with Crippen LogP contribution in [0.25, 0.3) is 0 Å². The largest absolute Gasteiger partial charge is 0.467 e. The number of rotatable bonds is 6.